The summed E-state index contributed by atoms with van der Waals surface area (Å²) >= 11 is 0. The van der Waals surface area contributed by atoms with E-state index in [0.717, 1.165) is 11.4 Å². The maximum atomic E-state index is 13.7. The largest absolute Gasteiger partial charge is 0.493 e. The van der Waals surface area contributed by atoms with Crippen molar-refractivity contribution in [3.8, 4) is 22.9 Å². The summed E-state index contributed by atoms with van der Waals surface area (Å²) in [6.45, 7) is 6.78. The van der Waals surface area contributed by atoms with E-state index >= 15 is 0 Å². The number of carbonyl (C=O) groups excluding carboxylic acids is 3. The third-order valence-corrected chi connectivity index (χ3v) is 7.47. The van der Waals surface area contributed by atoms with Gasteiger partial charge in [-0.3, -0.25) is 14.4 Å². The van der Waals surface area contributed by atoms with Crippen molar-refractivity contribution in [3.05, 3.63) is 60.2 Å². The lowest BCUT2D eigenvalue weighted by Gasteiger charge is -2.26. The molecule has 4 aromatic rings. The lowest BCUT2D eigenvalue weighted by atomic mass is 10.0. The number of fused-ring (bicyclic) bond motifs is 5. The van der Waals surface area contributed by atoms with Crippen molar-refractivity contribution < 1.29 is 28.3 Å². The highest BCUT2D eigenvalue weighted by Gasteiger charge is 2.27. The quantitative estimate of drug-likeness (QED) is 0.363. The minimum absolute atomic E-state index is 0.163. The molecule has 2 bridgehead atoms. The molecule has 3 heterocycles. The van der Waals surface area contributed by atoms with E-state index in [-0.39, 0.29) is 37.4 Å². The van der Waals surface area contributed by atoms with Gasteiger partial charge in [-0.05, 0) is 55.2 Å². The average molecular weight is 603 g/mol. The van der Waals surface area contributed by atoms with E-state index in [2.05, 4.69) is 20.6 Å². The second kappa shape index (κ2) is 13.6. The number of hydrogen-bond donors (Lipinski definition) is 2. The molecule has 3 amide bonds. The Morgan fingerprint density at radius 1 is 1.11 bits per heavy atom. The molecule has 0 fully saturated rings. The highest BCUT2D eigenvalue weighted by Crippen LogP contribution is 2.32. The number of aryl methyl sites for hydroxylation is 2. The normalized spacial score (nSPS) is 17.1. The smallest absolute Gasteiger partial charge is 0.254 e. The summed E-state index contributed by atoms with van der Waals surface area (Å²) in [7, 11) is 1.58. The van der Waals surface area contributed by atoms with Crippen molar-refractivity contribution in [2.75, 3.05) is 33.4 Å². The minimum Gasteiger partial charge on any atom is -0.493 e. The van der Waals surface area contributed by atoms with Crippen LogP contribution in [0.15, 0.2) is 53.2 Å². The van der Waals surface area contributed by atoms with Gasteiger partial charge in [0.15, 0.2) is 23.0 Å². The Hall–Kier alpha value is -4.87. The first kappa shape index (κ1) is 30.6. The van der Waals surface area contributed by atoms with Gasteiger partial charge in [-0.2, -0.15) is 0 Å². The summed E-state index contributed by atoms with van der Waals surface area (Å²) < 4.78 is 19.3. The third-order valence-electron chi connectivity index (χ3n) is 7.47. The molecule has 12 heteroatoms. The third kappa shape index (κ3) is 7.01. The molecule has 232 valence electrons. The van der Waals surface area contributed by atoms with Gasteiger partial charge < -0.3 is 34.0 Å². The summed E-state index contributed by atoms with van der Waals surface area (Å²) in [5.74, 6) is 1.17. The number of oxazole rings is 1. The van der Waals surface area contributed by atoms with Crippen LogP contribution in [0.3, 0.4) is 0 Å². The zero-order chi connectivity index (χ0) is 31.2. The van der Waals surface area contributed by atoms with Crippen LogP contribution in [0.2, 0.25) is 0 Å². The Bertz CT molecular complexity index is 1640. The molecule has 0 unspecified atom stereocenters. The van der Waals surface area contributed by atoms with Crippen LogP contribution >= 0.6 is 0 Å². The Morgan fingerprint density at radius 3 is 2.75 bits per heavy atom. The molecule has 0 radical (unpaired) electrons. The first-order valence-electron chi connectivity index (χ1n) is 14.8. The molecule has 0 aliphatic carbocycles. The van der Waals surface area contributed by atoms with Gasteiger partial charge in [0, 0.05) is 50.1 Å². The molecule has 44 heavy (non-hydrogen) atoms. The molecule has 2 N–H and O–H groups in total. The van der Waals surface area contributed by atoms with E-state index in [1.807, 2.05) is 42.8 Å². The number of rotatable bonds is 3. The molecule has 1 aliphatic rings. The van der Waals surface area contributed by atoms with Crippen molar-refractivity contribution in [3.63, 3.8) is 0 Å². The Balaban J connectivity index is 1.42. The van der Waals surface area contributed by atoms with Crippen LogP contribution in [0.1, 0.15) is 42.9 Å². The topological polar surface area (TPSA) is 141 Å². The van der Waals surface area contributed by atoms with E-state index in [0.29, 0.717) is 60.0 Å². The van der Waals surface area contributed by atoms with Gasteiger partial charge in [0.25, 0.3) is 5.91 Å². The van der Waals surface area contributed by atoms with E-state index in [9.17, 15) is 14.4 Å². The van der Waals surface area contributed by atoms with Crippen LogP contribution in [0, 0.1) is 12.8 Å². The number of hydrogen-bond acceptors (Lipinski definition) is 8. The second-order valence-electron chi connectivity index (χ2n) is 11.1. The molecule has 12 nitrogen and oxygen atoms in total. The SMILES string of the molecule is COc1ccc2cc1OCCCN(C(=O)c1ccc3nc(C)oc3c1)CC(=O)N[C@H](C(C)C)C(=O)NCCCn1ccnc1-2. The fourth-order valence-corrected chi connectivity index (χ4v) is 5.22. The lowest BCUT2D eigenvalue weighted by Crippen LogP contribution is -2.52. The van der Waals surface area contributed by atoms with Gasteiger partial charge in [-0.15, -0.1) is 0 Å². The van der Waals surface area contributed by atoms with Crippen molar-refractivity contribution >= 4 is 28.8 Å². The van der Waals surface area contributed by atoms with Crippen molar-refractivity contribution in [2.45, 2.75) is 46.2 Å². The number of amides is 3. The Labute approximate surface area is 255 Å². The molecular formula is C32H38N6O6. The summed E-state index contributed by atoms with van der Waals surface area (Å²) in [4.78, 5) is 50.4. The van der Waals surface area contributed by atoms with Crippen LogP contribution < -0.4 is 20.1 Å². The van der Waals surface area contributed by atoms with Crippen molar-refractivity contribution in [1.29, 1.82) is 0 Å². The average Bonchev–Trinajstić information content (AvgIpc) is 3.63. The molecule has 5 rings (SSSR count). The number of benzene rings is 2. The molecular weight excluding hydrogens is 564 g/mol. The number of imidazole rings is 1. The van der Waals surface area contributed by atoms with Gasteiger partial charge >= 0.3 is 0 Å². The second-order valence-corrected chi connectivity index (χ2v) is 11.1. The molecule has 0 saturated carbocycles. The first-order chi connectivity index (χ1) is 21.2. The summed E-state index contributed by atoms with van der Waals surface area (Å²) in [6, 6.07) is 9.90. The molecule has 0 saturated heterocycles. The summed E-state index contributed by atoms with van der Waals surface area (Å²) in [5.41, 5.74) is 2.36. The fourth-order valence-electron chi connectivity index (χ4n) is 5.22. The van der Waals surface area contributed by atoms with Crippen LogP contribution in [0.4, 0.5) is 0 Å². The van der Waals surface area contributed by atoms with Gasteiger partial charge in [0.2, 0.25) is 11.8 Å². The van der Waals surface area contributed by atoms with E-state index in [1.165, 1.54) is 4.90 Å². The van der Waals surface area contributed by atoms with Gasteiger partial charge in [0.05, 0.1) is 20.3 Å². The molecule has 1 atom stereocenters. The monoisotopic (exact) mass is 602 g/mol. The number of ether oxygens (including phenoxy) is 2. The zero-order valence-electron chi connectivity index (χ0n) is 25.5. The van der Waals surface area contributed by atoms with Gasteiger partial charge in [0.1, 0.15) is 17.4 Å². The maximum Gasteiger partial charge on any atom is 0.254 e. The van der Waals surface area contributed by atoms with Crippen molar-refractivity contribution in [1.82, 2.24) is 30.1 Å². The lowest BCUT2D eigenvalue weighted by molar-refractivity contribution is -0.130. The molecule has 1 aliphatic heterocycles. The standard InChI is InChI=1S/C32H38N6O6/c1-20(2)29-31(40)34-11-5-13-37-15-12-33-30(37)22-8-10-25(42-4)27(17-22)43-16-6-14-38(19-28(39)36-29)32(41)23-7-9-24-26(18-23)44-21(3)35-24/h7-10,12,15,17-18,20,29H,5-6,11,13-14,16,19H2,1-4H3,(H,34,40)(H,36,39)/t29-/m1/s1. The fraction of sp³-hybridized carbons (Fsp3) is 0.406. The van der Waals surface area contributed by atoms with Crippen LogP contribution in [-0.4, -0.2) is 76.5 Å². The molecule has 2 aromatic carbocycles. The molecule has 0 spiro atoms. The molecule has 2 aromatic heterocycles. The van der Waals surface area contributed by atoms with Gasteiger partial charge in [-0.1, -0.05) is 13.8 Å². The number of carbonyl (C=O) groups is 3. The van der Waals surface area contributed by atoms with E-state index < -0.39 is 11.9 Å². The van der Waals surface area contributed by atoms with E-state index in [4.69, 9.17) is 13.9 Å². The number of nitrogens with zero attached hydrogens (tertiary/aromatic N) is 4. The van der Waals surface area contributed by atoms with E-state index in [1.54, 1.807) is 38.4 Å². The van der Waals surface area contributed by atoms with Gasteiger partial charge in [-0.25, -0.2) is 9.97 Å². The number of aromatic nitrogens is 3. The first-order valence-corrected chi connectivity index (χ1v) is 14.8. The summed E-state index contributed by atoms with van der Waals surface area (Å²) in [6.07, 6.45) is 4.72. The van der Waals surface area contributed by atoms with Crippen LogP contribution in [0.25, 0.3) is 22.5 Å². The van der Waals surface area contributed by atoms with Crippen LogP contribution in [-0.2, 0) is 16.1 Å². The highest BCUT2D eigenvalue weighted by atomic mass is 16.5. The number of methoxy groups -OCH3 is 1. The zero-order valence-corrected chi connectivity index (χ0v) is 25.5. The Morgan fingerprint density at radius 2 is 1.95 bits per heavy atom. The highest BCUT2D eigenvalue weighted by molar-refractivity contribution is 5.99. The van der Waals surface area contributed by atoms with Crippen molar-refractivity contribution in [2.24, 2.45) is 5.92 Å². The number of nitrogens with one attached hydrogen (secondary N) is 2. The van der Waals surface area contributed by atoms with Crippen LogP contribution in [0.5, 0.6) is 11.5 Å². The predicted octanol–water partition coefficient (Wildman–Crippen LogP) is 3.58. The Kier molecular flexibility index (Phi) is 9.47. The predicted molar refractivity (Wildman–Crippen MR) is 163 cm³/mol. The summed E-state index contributed by atoms with van der Waals surface area (Å²) in [5, 5.41) is 5.79. The minimum atomic E-state index is -0.754. The maximum absolute atomic E-state index is 13.7.